The summed E-state index contributed by atoms with van der Waals surface area (Å²) in [4.78, 5) is 33.2. The second-order valence-electron chi connectivity index (χ2n) is 5.29. The van der Waals surface area contributed by atoms with Crippen LogP contribution in [0.25, 0.3) is 0 Å². The summed E-state index contributed by atoms with van der Waals surface area (Å²) < 4.78 is 6.06. The first kappa shape index (κ1) is 18.1. The number of esters is 1. The first-order chi connectivity index (χ1) is 12.0. The van der Waals surface area contributed by atoms with E-state index in [9.17, 15) is 19.7 Å². The molecule has 0 aliphatic carbocycles. The van der Waals surface area contributed by atoms with Crippen molar-refractivity contribution in [2.24, 2.45) is 0 Å². The van der Waals surface area contributed by atoms with Gasteiger partial charge in [0.05, 0.1) is 17.6 Å². The first-order valence-corrected chi connectivity index (χ1v) is 7.60. The lowest BCUT2D eigenvalue weighted by Gasteiger charge is -2.06. The molecule has 0 spiro atoms. The van der Waals surface area contributed by atoms with Gasteiger partial charge in [-0.3, -0.25) is 19.6 Å². The van der Waals surface area contributed by atoms with Crippen molar-refractivity contribution in [3.63, 3.8) is 0 Å². The van der Waals surface area contributed by atoms with E-state index in [-0.39, 0.29) is 18.0 Å². The van der Waals surface area contributed by atoms with E-state index in [1.165, 1.54) is 24.2 Å². The minimum absolute atomic E-state index is 0.0696. The highest BCUT2D eigenvalue weighted by atomic mass is 16.6. The molecule has 1 aromatic carbocycles. The number of rotatable bonds is 8. The fourth-order valence-electron chi connectivity index (χ4n) is 2.14. The van der Waals surface area contributed by atoms with Crippen molar-refractivity contribution in [3.8, 4) is 0 Å². The zero-order valence-electron chi connectivity index (χ0n) is 13.7. The minimum atomic E-state index is -0.512. The summed E-state index contributed by atoms with van der Waals surface area (Å²) in [7, 11) is 1.32. The monoisotopic (exact) mass is 346 g/mol. The number of nitro groups is 1. The van der Waals surface area contributed by atoms with Gasteiger partial charge in [0.1, 0.15) is 12.4 Å². The van der Waals surface area contributed by atoms with Crippen LogP contribution in [0.15, 0.2) is 36.7 Å². The van der Waals surface area contributed by atoms with Crippen LogP contribution in [-0.2, 0) is 22.6 Å². The number of ether oxygens (including phenoxy) is 1. The molecule has 0 saturated heterocycles. The maximum absolute atomic E-state index is 11.8. The molecule has 2 rings (SSSR count). The molecule has 9 heteroatoms. The zero-order valence-corrected chi connectivity index (χ0v) is 13.7. The van der Waals surface area contributed by atoms with Crippen molar-refractivity contribution in [2.45, 2.75) is 25.9 Å². The van der Waals surface area contributed by atoms with E-state index in [2.05, 4.69) is 15.2 Å². The number of hydrogen-bond acceptors (Lipinski definition) is 6. The molecule has 0 unspecified atom stereocenters. The van der Waals surface area contributed by atoms with Crippen LogP contribution in [0, 0.1) is 10.1 Å². The standard InChI is InChI=1S/C16H18N4O5/c1-25-16(22)13-6-4-12(5-7-13)9-17-15(21)3-2-8-19-11-14(10-18-19)20(23)24/h4-7,10-11H,2-3,8-9H2,1H3,(H,17,21). The summed E-state index contributed by atoms with van der Waals surface area (Å²) in [5, 5.41) is 17.2. The van der Waals surface area contributed by atoms with Crippen LogP contribution < -0.4 is 5.32 Å². The van der Waals surface area contributed by atoms with Gasteiger partial charge in [0.15, 0.2) is 0 Å². The molecule has 25 heavy (non-hydrogen) atoms. The molecule has 0 aliphatic heterocycles. The van der Waals surface area contributed by atoms with Crippen molar-refractivity contribution < 1.29 is 19.2 Å². The van der Waals surface area contributed by atoms with Crippen LogP contribution in [-0.4, -0.2) is 33.7 Å². The van der Waals surface area contributed by atoms with Gasteiger partial charge in [-0.25, -0.2) is 4.79 Å². The van der Waals surface area contributed by atoms with Gasteiger partial charge in [-0.15, -0.1) is 0 Å². The molecule has 1 N–H and O–H groups in total. The van der Waals surface area contributed by atoms with E-state index >= 15 is 0 Å². The largest absolute Gasteiger partial charge is 0.465 e. The Hall–Kier alpha value is -3.23. The van der Waals surface area contributed by atoms with Crippen LogP contribution in [0.3, 0.4) is 0 Å². The lowest BCUT2D eigenvalue weighted by molar-refractivity contribution is -0.385. The van der Waals surface area contributed by atoms with Crippen molar-refractivity contribution in [2.75, 3.05) is 7.11 Å². The highest BCUT2D eigenvalue weighted by Crippen LogP contribution is 2.09. The number of aryl methyl sites for hydroxylation is 1. The number of nitrogens with one attached hydrogen (secondary N) is 1. The van der Waals surface area contributed by atoms with Crippen LogP contribution >= 0.6 is 0 Å². The normalized spacial score (nSPS) is 10.3. The third-order valence-electron chi connectivity index (χ3n) is 3.49. The minimum Gasteiger partial charge on any atom is -0.465 e. The van der Waals surface area contributed by atoms with Crippen LogP contribution in [0.1, 0.15) is 28.8 Å². The third kappa shape index (κ3) is 5.41. The molecule has 0 fully saturated rings. The molecule has 9 nitrogen and oxygen atoms in total. The van der Waals surface area contributed by atoms with Gasteiger partial charge < -0.3 is 10.1 Å². The molecule has 1 heterocycles. The molecule has 2 aromatic rings. The van der Waals surface area contributed by atoms with E-state index in [0.29, 0.717) is 25.1 Å². The number of hydrogen-bond donors (Lipinski definition) is 1. The predicted octanol–water partition coefficient (Wildman–Crippen LogP) is 1.67. The molecular formula is C16H18N4O5. The maximum Gasteiger partial charge on any atom is 0.337 e. The smallest absolute Gasteiger partial charge is 0.337 e. The van der Waals surface area contributed by atoms with E-state index in [1.807, 2.05) is 0 Å². The Balaban J connectivity index is 1.71. The third-order valence-corrected chi connectivity index (χ3v) is 3.49. The Morgan fingerprint density at radius 3 is 2.64 bits per heavy atom. The summed E-state index contributed by atoms with van der Waals surface area (Å²) in [5.41, 5.74) is 1.24. The van der Waals surface area contributed by atoms with Crippen molar-refractivity contribution in [1.29, 1.82) is 0 Å². The van der Waals surface area contributed by atoms with Crippen LogP contribution in [0.5, 0.6) is 0 Å². The molecule has 0 atom stereocenters. The molecule has 0 bridgehead atoms. The lowest BCUT2D eigenvalue weighted by atomic mass is 10.1. The summed E-state index contributed by atoms with van der Waals surface area (Å²) in [6, 6.07) is 6.76. The quantitative estimate of drug-likeness (QED) is 0.441. The van der Waals surface area contributed by atoms with Gasteiger partial charge in [-0.1, -0.05) is 12.1 Å². The highest BCUT2D eigenvalue weighted by Gasteiger charge is 2.09. The van der Waals surface area contributed by atoms with E-state index < -0.39 is 10.9 Å². The molecule has 0 saturated carbocycles. The van der Waals surface area contributed by atoms with E-state index in [0.717, 1.165) is 5.56 Å². The molecule has 1 amide bonds. The number of carbonyl (C=O) groups is 2. The van der Waals surface area contributed by atoms with Gasteiger partial charge >= 0.3 is 11.7 Å². The Bertz CT molecular complexity index is 754. The van der Waals surface area contributed by atoms with Crippen molar-refractivity contribution in [1.82, 2.24) is 15.1 Å². The summed E-state index contributed by atoms with van der Waals surface area (Å²) in [5.74, 6) is -0.534. The van der Waals surface area contributed by atoms with Crippen molar-refractivity contribution >= 4 is 17.6 Å². The molecule has 1 aromatic heterocycles. The van der Waals surface area contributed by atoms with Gasteiger partial charge in [0, 0.05) is 19.5 Å². The van der Waals surface area contributed by atoms with Gasteiger partial charge in [0.25, 0.3) is 0 Å². The van der Waals surface area contributed by atoms with Gasteiger partial charge in [-0.2, -0.15) is 5.10 Å². The fraction of sp³-hybridized carbons (Fsp3) is 0.312. The number of aromatic nitrogens is 2. The Labute approximate surface area is 143 Å². The van der Waals surface area contributed by atoms with Crippen LogP contribution in [0.2, 0.25) is 0 Å². The number of benzene rings is 1. The summed E-state index contributed by atoms with van der Waals surface area (Å²) >= 11 is 0. The topological polar surface area (TPSA) is 116 Å². The maximum atomic E-state index is 11.8. The van der Waals surface area contributed by atoms with E-state index in [4.69, 9.17) is 0 Å². The highest BCUT2D eigenvalue weighted by molar-refractivity contribution is 5.89. The first-order valence-electron chi connectivity index (χ1n) is 7.60. The van der Waals surface area contributed by atoms with Gasteiger partial charge in [-0.05, 0) is 24.1 Å². The second kappa shape index (κ2) is 8.57. The van der Waals surface area contributed by atoms with E-state index in [1.54, 1.807) is 24.3 Å². The molecule has 0 aliphatic rings. The van der Waals surface area contributed by atoms with Crippen molar-refractivity contribution in [3.05, 3.63) is 57.9 Å². The summed E-state index contributed by atoms with van der Waals surface area (Å²) in [6.45, 7) is 0.780. The van der Waals surface area contributed by atoms with Crippen LogP contribution in [0.4, 0.5) is 5.69 Å². The molecule has 0 radical (unpaired) electrons. The Morgan fingerprint density at radius 1 is 1.32 bits per heavy atom. The summed E-state index contributed by atoms with van der Waals surface area (Å²) in [6.07, 6.45) is 3.32. The molecular weight excluding hydrogens is 328 g/mol. The predicted molar refractivity (Wildman–Crippen MR) is 87.7 cm³/mol. The fourth-order valence-corrected chi connectivity index (χ4v) is 2.14. The number of amides is 1. The SMILES string of the molecule is COC(=O)c1ccc(CNC(=O)CCCn2cc([N+](=O)[O-])cn2)cc1. The Kier molecular flexibility index (Phi) is 6.21. The second-order valence-corrected chi connectivity index (χ2v) is 5.29. The number of methoxy groups -OCH3 is 1. The Morgan fingerprint density at radius 2 is 2.04 bits per heavy atom. The zero-order chi connectivity index (χ0) is 18.2. The number of carbonyl (C=O) groups excluding carboxylic acids is 2. The average Bonchev–Trinajstić information content (AvgIpc) is 3.09. The van der Waals surface area contributed by atoms with Gasteiger partial charge in [0.2, 0.25) is 5.91 Å². The lowest BCUT2D eigenvalue weighted by Crippen LogP contribution is -2.22. The average molecular weight is 346 g/mol. The number of nitrogens with zero attached hydrogens (tertiary/aromatic N) is 3. The molecule has 132 valence electrons.